The Labute approximate surface area is 106 Å². The first-order valence-electron chi connectivity index (χ1n) is 6.46. The van der Waals surface area contributed by atoms with Gasteiger partial charge >= 0.3 is 0 Å². The zero-order valence-electron chi connectivity index (χ0n) is 9.91. The van der Waals surface area contributed by atoms with Crippen molar-refractivity contribution >= 4 is 11.8 Å². The van der Waals surface area contributed by atoms with Crippen molar-refractivity contribution < 1.29 is 0 Å². The van der Waals surface area contributed by atoms with E-state index < -0.39 is 0 Å². The van der Waals surface area contributed by atoms with E-state index in [1.165, 1.54) is 43.4 Å². The Morgan fingerprint density at radius 2 is 2.06 bits per heavy atom. The summed E-state index contributed by atoms with van der Waals surface area (Å²) in [5, 5.41) is 10.9. The van der Waals surface area contributed by atoms with Crippen molar-refractivity contribution in [2.24, 2.45) is 0 Å². The lowest BCUT2D eigenvalue weighted by molar-refractivity contribution is 0.707. The lowest BCUT2D eigenvalue weighted by Gasteiger charge is -2.09. The maximum absolute atomic E-state index is 9.22. The van der Waals surface area contributed by atoms with E-state index in [1.807, 2.05) is 0 Å². The number of rotatable bonds is 2. The van der Waals surface area contributed by atoms with Gasteiger partial charge in [0.1, 0.15) is 11.1 Å². The van der Waals surface area contributed by atoms with E-state index >= 15 is 0 Å². The van der Waals surface area contributed by atoms with Crippen molar-refractivity contribution in [1.82, 2.24) is 4.98 Å². The third-order valence-corrected chi connectivity index (χ3v) is 4.78. The molecule has 1 fully saturated rings. The van der Waals surface area contributed by atoms with Gasteiger partial charge in [-0.3, -0.25) is 0 Å². The SMILES string of the molecule is N#Cc1cc2c(nc1SC1CC1)CCCCC2. The summed E-state index contributed by atoms with van der Waals surface area (Å²) in [6.45, 7) is 0. The Morgan fingerprint density at radius 3 is 2.82 bits per heavy atom. The number of nitrogens with zero attached hydrogens (tertiary/aromatic N) is 2. The highest BCUT2D eigenvalue weighted by atomic mass is 32.2. The van der Waals surface area contributed by atoms with Crippen LogP contribution >= 0.6 is 11.8 Å². The molecular formula is C14H16N2S. The quantitative estimate of drug-likeness (QED) is 0.747. The zero-order valence-corrected chi connectivity index (χ0v) is 10.7. The summed E-state index contributed by atoms with van der Waals surface area (Å²) in [5.74, 6) is 0. The Hall–Kier alpha value is -1.01. The molecule has 1 saturated carbocycles. The molecule has 0 spiro atoms. The second kappa shape index (κ2) is 4.70. The van der Waals surface area contributed by atoms with Crippen LogP contribution in [0.4, 0.5) is 0 Å². The Kier molecular flexibility index (Phi) is 3.07. The second-order valence-electron chi connectivity index (χ2n) is 4.94. The van der Waals surface area contributed by atoms with Crippen LogP contribution in [0.1, 0.15) is 48.9 Å². The monoisotopic (exact) mass is 244 g/mol. The summed E-state index contributed by atoms with van der Waals surface area (Å²) in [7, 11) is 0. The average molecular weight is 244 g/mol. The van der Waals surface area contributed by atoms with E-state index in [2.05, 4.69) is 12.1 Å². The van der Waals surface area contributed by atoms with Crippen molar-refractivity contribution in [1.29, 1.82) is 5.26 Å². The van der Waals surface area contributed by atoms with Crippen LogP contribution in [0.3, 0.4) is 0 Å². The number of fused-ring (bicyclic) bond motifs is 1. The van der Waals surface area contributed by atoms with Gasteiger partial charge in [0.05, 0.1) is 5.56 Å². The van der Waals surface area contributed by atoms with E-state index in [0.717, 1.165) is 28.7 Å². The van der Waals surface area contributed by atoms with Crippen molar-refractivity contribution in [3.63, 3.8) is 0 Å². The third kappa shape index (κ3) is 2.47. The minimum Gasteiger partial charge on any atom is -0.245 e. The molecule has 2 aliphatic rings. The van der Waals surface area contributed by atoms with Crippen LogP contribution in [0.15, 0.2) is 11.1 Å². The highest BCUT2D eigenvalue weighted by molar-refractivity contribution is 8.00. The normalized spacial score (nSPS) is 19.2. The van der Waals surface area contributed by atoms with Gasteiger partial charge < -0.3 is 0 Å². The van der Waals surface area contributed by atoms with Gasteiger partial charge in [-0.05, 0) is 50.2 Å². The summed E-state index contributed by atoms with van der Waals surface area (Å²) in [5.41, 5.74) is 3.37. The van der Waals surface area contributed by atoms with Crippen LogP contribution in [0.25, 0.3) is 0 Å². The molecule has 0 unspecified atom stereocenters. The molecule has 0 aliphatic heterocycles. The molecule has 0 amide bonds. The first kappa shape index (κ1) is 11.1. The van der Waals surface area contributed by atoms with Crippen molar-refractivity contribution in [2.75, 3.05) is 0 Å². The molecule has 1 aromatic rings. The van der Waals surface area contributed by atoms with Crippen LogP contribution in [0.5, 0.6) is 0 Å². The number of aryl methyl sites for hydroxylation is 2. The van der Waals surface area contributed by atoms with Crippen molar-refractivity contribution in [3.05, 3.63) is 22.9 Å². The summed E-state index contributed by atoms with van der Waals surface area (Å²) >= 11 is 1.81. The van der Waals surface area contributed by atoms with E-state index in [-0.39, 0.29) is 0 Å². The van der Waals surface area contributed by atoms with E-state index in [1.54, 1.807) is 11.8 Å². The molecule has 0 saturated heterocycles. The fraction of sp³-hybridized carbons (Fsp3) is 0.571. The third-order valence-electron chi connectivity index (χ3n) is 3.44. The van der Waals surface area contributed by atoms with Crippen LogP contribution in [0, 0.1) is 11.3 Å². The minimum atomic E-state index is 0.721. The number of thioether (sulfide) groups is 1. The van der Waals surface area contributed by atoms with Crippen LogP contribution < -0.4 is 0 Å². The van der Waals surface area contributed by atoms with Gasteiger partial charge in [0.15, 0.2) is 0 Å². The molecule has 0 N–H and O–H groups in total. The largest absolute Gasteiger partial charge is 0.245 e. The molecule has 1 heterocycles. The van der Waals surface area contributed by atoms with Gasteiger partial charge in [-0.2, -0.15) is 5.26 Å². The fourth-order valence-corrected chi connectivity index (χ4v) is 3.39. The molecule has 3 rings (SSSR count). The Balaban J connectivity index is 1.96. The highest BCUT2D eigenvalue weighted by Crippen LogP contribution is 2.40. The molecular weight excluding hydrogens is 228 g/mol. The number of aromatic nitrogens is 1. The van der Waals surface area contributed by atoms with Crippen molar-refractivity contribution in [2.45, 2.75) is 55.2 Å². The standard InChI is InChI=1S/C14H16N2S/c15-9-11-8-10-4-2-1-3-5-13(10)16-14(11)17-12-6-7-12/h8,12H,1-7H2. The summed E-state index contributed by atoms with van der Waals surface area (Å²) < 4.78 is 0. The predicted molar refractivity (Wildman–Crippen MR) is 69.1 cm³/mol. The fourth-order valence-electron chi connectivity index (χ4n) is 2.31. The van der Waals surface area contributed by atoms with E-state index in [0.29, 0.717) is 0 Å². The first-order chi connectivity index (χ1) is 8.36. The highest BCUT2D eigenvalue weighted by Gasteiger charge is 2.25. The van der Waals surface area contributed by atoms with Gasteiger partial charge in [0, 0.05) is 10.9 Å². The van der Waals surface area contributed by atoms with Gasteiger partial charge in [-0.15, -0.1) is 11.8 Å². The number of hydrogen-bond donors (Lipinski definition) is 0. The van der Waals surface area contributed by atoms with Crippen LogP contribution in [0.2, 0.25) is 0 Å². The maximum Gasteiger partial charge on any atom is 0.114 e. The summed E-state index contributed by atoms with van der Waals surface area (Å²) in [4.78, 5) is 4.76. The topological polar surface area (TPSA) is 36.7 Å². The van der Waals surface area contributed by atoms with Gasteiger partial charge in [-0.1, -0.05) is 6.42 Å². The Bertz CT molecular complexity index is 472. The molecule has 0 bridgehead atoms. The van der Waals surface area contributed by atoms with Crippen LogP contribution in [-0.2, 0) is 12.8 Å². The summed E-state index contributed by atoms with van der Waals surface area (Å²) in [6.07, 6.45) is 8.56. The minimum absolute atomic E-state index is 0.721. The van der Waals surface area contributed by atoms with E-state index in [4.69, 9.17) is 4.98 Å². The average Bonchev–Trinajstić information content (AvgIpc) is 3.15. The molecule has 17 heavy (non-hydrogen) atoms. The molecule has 0 aromatic carbocycles. The summed E-state index contributed by atoms with van der Waals surface area (Å²) in [6, 6.07) is 4.41. The van der Waals surface area contributed by atoms with Crippen molar-refractivity contribution in [3.8, 4) is 6.07 Å². The number of hydrogen-bond acceptors (Lipinski definition) is 3. The number of pyridine rings is 1. The smallest absolute Gasteiger partial charge is 0.114 e. The zero-order chi connectivity index (χ0) is 11.7. The Morgan fingerprint density at radius 1 is 1.24 bits per heavy atom. The first-order valence-corrected chi connectivity index (χ1v) is 7.34. The molecule has 2 nitrogen and oxygen atoms in total. The second-order valence-corrected chi connectivity index (χ2v) is 6.23. The number of nitriles is 1. The molecule has 1 aromatic heterocycles. The lowest BCUT2D eigenvalue weighted by atomic mass is 10.1. The molecule has 0 radical (unpaired) electrons. The lowest BCUT2D eigenvalue weighted by Crippen LogP contribution is -2.00. The molecule has 0 atom stereocenters. The molecule has 2 aliphatic carbocycles. The predicted octanol–water partition coefficient (Wildman–Crippen LogP) is 3.48. The maximum atomic E-state index is 9.22. The molecule has 88 valence electrons. The van der Waals surface area contributed by atoms with Gasteiger partial charge in [0.2, 0.25) is 0 Å². The van der Waals surface area contributed by atoms with Gasteiger partial charge in [0.25, 0.3) is 0 Å². The van der Waals surface area contributed by atoms with Gasteiger partial charge in [-0.25, -0.2) is 4.98 Å². The van der Waals surface area contributed by atoms with Crippen LogP contribution in [-0.4, -0.2) is 10.2 Å². The molecule has 3 heteroatoms. The van der Waals surface area contributed by atoms with E-state index in [9.17, 15) is 5.26 Å².